The van der Waals surface area contributed by atoms with Gasteiger partial charge in [-0.15, -0.1) is 6.58 Å². The highest BCUT2D eigenvalue weighted by molar-refractivity contribution is 4.95. The van der Waals surface area contributed by atoms with Crippen molar-refractivity contribution in [3.05, 3.63) is 12.7 Å². The lowest BCUT2D eigenvalue weighted by molar-refractivity contribution is -0.111. The molecule has 0 radical (unpaired) electrons. The average molecular weight is 255 g/mol. The van der Waals surface area contributed by atoms with Crippen LogP contribution in [-0.4, -0.2) is 38.5 Å². The molecule has 1 atom stereocenters. The highest BCUT2D eigenvalue weighted by atomic mass is 16.5. The summed E-state index contributed by atoms with van der Waals surface area (Å²) in [7, 11) is 1.85. The van der Waals surface area contributed by atoms with Gasteiger partial charge in [-0.25, -0.2) is 0 Å². The van der Waals surface area contributed by atoms with E-state index in [1.54, 1.807) is 0 Å². The zero-order valence-electron chi connectivity index (χ0n) is 12.0. The number of nitrogens with one attached hydrogen (secondary N) is 1. The Morgan fingerprint density at radius 1 is 1.44 bits per heavy atom. The molecule has 0 amide bonds. The molecule has 18 heavy (non-hydrogen) atoms. The lowest BCUT2D eigenvalue weighted by atomic mass is 9.83. The molecule has 1 saturated heterocycles. The first-order valence-corrected chi connectivity index (χ1v) is 7.26. The minimum absolute atomic E-state index is 0.0331. The largest absolute Gasteiger partial charge is 0.381 e. The Kier molecular flexibility index (Phi) is 7.56. The number of rotatable bonds is 9. The summed E-state index contributed by atoms with van der Waals surface area (Å²) in [4.78, 5) is 0. The van der Waals surface area contributed by atoms with Crippen LogP contribution in [0, 0.1) is 0 Å². The summed E-state index contributed by atoms with van der Waals surface area (Å²) in [5.41, 5.74) is -0.0331. The van der Waals surface area contributed by atoms with Gasteiger partial charge in [-0.05, 0) is 32.2 Å². The highest BCUT2D eigenvalue weighted by Crippen LogP contribution is 2.30. The first-order valence-electron chi connectivity index (χ1n) is 7.26. The monoisotopic (exact) mass is 255 g/mol. The van der Waals surface area contributed by atoms with Crippen LogP contribution >= 0.6 is 0 Å². The van der Waals surface area contributed by atoms with E-state index in [0.717, 1.165) is 51.9 Å². The van der Waals surface area contributed by atoms with Gasteiger partial charge in [-0.2, -0.15) is 0 Å². The van der Waals surface area contributed by atoms with Crippen molar-refractivity contribution in [2.75, 3.05) is 26.9 Å². The van der Waals surface area contributed by atoms with E-state index in [1.165, 1.54) is 6.42 Å². The van der Waals surface area contributed by atoms with Crippen molar-refractivity contribution >= 4 is 0 Å². The third kappa shape index (κ3) is 4.38. The maximum Gasteiger partial charge on any atom is 0.0874 e. The SMILES string of the molecule is C=CCCCC(NCCC)C1(OC)CCOCC1. The Morgan fingerprint density at radius 2 is 2.17 bits per heavy atom. The molecule has 1 unspecified atom stereocenters. The van der Waals surface area contributed by atoms with Crippen LogP contribution in [0.15, 0.2) is 12.7 Å². The quantitative estimate of drug-likeness (QED) is 0.507. The molecule has 1 fully saturated rings. The predicted octanol–water partition coefficient (Wildman–Crippen LogP) is 2.91. The third-order valence-corrected chi connectivity index (χ3v) is 3.92. The molecule has 1 rings (SSSR count). The van der Waals surface area contributed by atoms with E-state index in [1.807, 2.05) is 13.2 Å². The second-order valence-electron chi connectivity index (χ2n) is 5.11. The van der Waals surface area contributed by atoms with Crippen molar-refractivity contribution in [2.24, 2.45) is 0 Å². The first kappa shape index (κ1) is 15.7. The van der Waals surface area contributed by atoms with E-state index in [2.05, 4.69) is 18.8 Å². The van der Waals surface area contributed by atoms with Gasteiger partial charge in [0.15, 0.2) is 0 Å². The fourth-order valence-electron chi connectivity index (χ4n) is 2.75. The summed E-state index contributed by atoms with van der Waals surface area (Å²) in [5, 5.41) is 3.67. The van der Waals surface area contributed by atoms with Gasteiger partial charge in [0.1, 0.15) is 0 Å². The van der Waals surface area contributed by atoms with Crippen molar-refractivity contribution in [3.63, 3.8) is 0 Å². The molecule has 0 aliphatic carbocycles. The van der Waals surface area contributed by atoms with Gasteiger partial charge in [0, 0.05) is 39.2 Å². The number of hydrogen-bond donors (Lipinski definition) is 1. The number of methoxy groups -OCH3 is 1. The van der Waals surface area contributed by atoms with E-state index in [4.69, 9.17) is 9.47 Å². The number of allylic oxidation sites excluding steroid dienone is 1. The van der Waals surface area contributed by atoms with Crippen LogP contribution in [-0.2, 0) is 9.47 Å². The highest BCUT2D eigenvalue weighted by Gasteiger charge is 2.39. The topological polar surface area (TPSA) is 30.5 Å². The molecular formula is C15H29NO2. The van der Waals surface area contributed by atoms with Crippen molar-refractivity contribution in [3.8, 4) is 0 Å². The van der Waals surface area contributed by atoms with Crippen LogP contribution in [0.2, 0.25) is 0 Å². The molecule has 1 heterocycles. The molecule has 1 N–H and O–H groups in total. The van der Waals surface area contributed by atoms with Crippen molar-refractivity contribution in [1.29, 1.82) is 0 Å². The summed E-state index contributed by atoms with van der Waals surface area (Å²) < 4.78 is 11.4. The van der Waals surface area contributed by atoms with E-state index >= 15 is 0 Å². The second kappa shape index (κ2) is 8.68. The van der Waals surface area contributed by atoms with Gasteiger partial charge in [0.05, 0.1) is 5.60 Å². The van der Waals surface area contributed by atoms with Crippen LogP contribution < -0.4 is 5.32 Å². The number of ether oxygens (including phenoxy) is 2. The molecule has 1 aliphatic heterocycles. The summed E-state index contributed by atoms with van der Waals surface area (Å²) in [6.07, 6.45) is 8.57. The summed E-state index contributed by atoms with van der Waals surface area (Å²) in [6.45, 7) is 8.70. The minimum atomic E-state index is -0.0331. The Balaban J connectivity index is 2.60. The van der Waals surface area contributed by atoms with E-state index in [-0.39, 0.29) is 5.60 Å². The molecule has 0 aromatic rings. The number of unbranched alkanes of at least 4 members (excludes halogenated alkanes) is 1. The van der Waals surface area contributed by atoms with Crippen LogP contribution in [0.4, 0.5) is 0 Å². The molecule has 0 bridgehead atoms. The summed E-state index contributed by atoms with van der Waals surface area (Å²) >= 11 is 0. The van der Waals surface area contributed by atoms with Crippen LogP contribution in [0.5, 0.6) is 0 Å². The standard InChI is InChI=1S/C15H29NO2/c1-4-6-7-8-14(16-11-5-2)15(17-3)9-12-18-13-10-15/h4,14,16H,1,5-13H2,2-3H3. The van der Waals surface area contributed by atoms with Crippen LogP contribution in [0.1, 0.15) is 45.4 Å². The van der Waals surface area contributed by atoms with Gasteiger partial charge >= 0.3 is 0 Å². The molecule has 0 aromatic carbocycles. The smallest absolute Gasteiger partial charge is 0.0874 e. The molecular weight excluding hydrogens is 226 g/mol. The van der Waals surface area contributed by atoms with E-state index < -0.39 is 0 Å². The van der Waals surface area contributed by atoms with Crippen molar-refractivity contribution < 1.29 is 9.47 Å². The Labute approximate surface area is 112 Å². The third-order valence-electron chi connectivity index (χ3n) is 3.92. The average Bonchev–Trinajstić information content (AvgIpc) is 2.43. The molecule has 3 nitrogen and oxygen atoms in total. The van der Waals surface area contributed by atoms with Gasteiger partial charge < -0.3 is 14.8 Å². The van der Waals surface area contributed by atoms with Gasteiger partial charge in [-0.1, -0.05) is 13.0 Å². The van der Waals surface area contributed by atoms with Gasteiger partial charge in [0.2, 0.25) is 0 Å². The lowest BCUT2D eigenvalue weighted by Crippen LogP contribution is -2.55. The maximum absolute atomic E-state index is 5.90. The molecule has 0 saturated carbocycles. The van der Waals surface area contributed by atoms with Crippen molar-refractivity contribution in [2.45, 2.75) is 57.1 Å². The Hall–Kier alpha value is -0.380. The number of hydrogen-bond acceptors (Lipinski definition) is 3. The summed E-state index contributed by atoms with van der Waals surface area (Å²) in [5.74, 6) is 0. The minimum Gasteiger partial charge on any atom is -0.381 e. The fourth-order valence-corrected chi connectivity index (χ4v) is 2.75. The molecule has 3 heteroatoms. The zero-order chi connectivity index (χ0) is 13.3. The molecule has 1 aliphatic rings. The Morgan fingerprint density at radius 3 is 2.72 bits per heavy atom. The molecule has 0 aromatic heterocycles. The van der Waals surface area contributed by atoms with E-state index in [9.17, 15) is 0 Å². The Bertz CT molecular complexity index is 225. The first-order chi connectivity index (χ1) is 8.79. The molecule has 0 spiro atoms. The van der Waals surface area contributed by atoms with E-state index in [0.29, 0.717) is 6.04 Å². The van der Waals surface area contributed by atoms with Gasteiger partial charge in [-0.3, -0.25) is 0 Å². The van der Waals surface area contributed by atoms with Crippen LogP contribution in [0.25, 0.3) is 0 Å². The van der Waals surface area contributed by atoms with Gasteiger partial charge in [0.25, 0.3) is 0 Å². The summed E-state index contributed by atoms with van der Waals surface area (Å²) in [6, 6.07) is 0.436. The molecule has 106 valence electrons. The van der Waals surface area contributed by atoms with Crippen molar-refractivity contribution in [1.82, 2.24) is 5.32 Å². The fraction of sp³-hybridized carbons (Fsp3) is 0.867. The predicted molar refractivity (Wildman–Crippen MR) is 75.9 cm³/mol. The lowest BCUT2D eigenvalue weighted by Gasteiger charge is -2.43. The second-order valence-corrected chi connectivity index (χ2v) is 5.11. The zero-order valence-corrected chi connectivity index (χ0v) is 12.0. The van der Waals surface area contributed by atoms with Crippen LogP contribution in [0.3, 0.4) is 0 Å². The normalized spacial score (nSPS) is 20.6. The maximum atomic E-state index is 5.90.